The third kappa shape index (κ3) is 4.39. The van der Waals surface area contributed by atoms with Crippen LogP contribution in [0.25, 0.3) is 0 Å². The molecule has 29 heavy (non-hydrogen) atoms. The SMILES string of the molecule is C=C/C=C(\C=C/C)N(c1ccccc1)c1ccc(B2OC(C)(C)C(C)(C)O2)cc1. The molecule has 0 spiro atoms. The highest BCUT2D eigenvalue weighted by atomic mass is 16.7. The molecule has 0 radical (unpaired) electrons. The first-order valence-electron chi connectivity index (χ1n) is 10.1. The van der Waals surface area contributed by atoms with Crippen molar-refractivity contribution < 1.29 is 9.31 Å². The number of hydrogen-bond acceptors (Lipinski definition) is 3. The minimum atomic E-state index is -0.363. The van der Waals surface area contributed by atoms with Gasteiger partial charge in [0.05, 0.1) is 11.2 Å². The number of rotatable bonds is 6. The Labute approximate surface area is 175 Å². The molecule has 1 saturated heterocycles. The molecule has 150 valence electrons. The van der Waals surface area contributed by atoms with Gasteiger partial charge in [0.1, 0.15) is 0 Å². The van der Waals surface area contributed by atoms with Crippen LogP contribution < -0.4 is 10.4 Å². The Balaban J connectivity index is 1.96. The minimum absolute atomic E-state index is 0.349. The lowest BCUT2D eigenvalue weighted by molar-refractivity contribution is 0.00578. The van der Waals surface area contributed by atoms with E-state index in [1.54, 1.807) is 0 Å². The quantitative estimate of drug-likeness (QED) is 0.464. The first-order chi connectivity index (χ1) is 13.8. The fraction of sp³-hybridized carbons (Fsp3) is 0.280. The normalized spacial score (nSPS) is 18.2. The van der Waals surface area contributed by atoms with Crippen LogP contribution in [0.1, 0.15) is 34.6 Å². The molecular formula is C25H30BNO2. The lowest BCUT2D eigenvalue weighted by Gasteiger charge is -2.32. The summed E-state index contributed by atoms with van der Waals surface area (Å²) < 4.78 is 12.4. The van der Waals surface area contributed by atoms with Gasteiger partial charge in [0, 0.05) is 17.1 Å². The fourth-order valence-corrected chi connectivity index (χ4v) is 3.28. The fourth-order valence-electron chi connectivity index (χ4n) is 3.28. The summed E-state index contributed by atoms with van der Waals surface area (Å²) in [6.07, 6.45) is 7.93. The molecule has 0 amide bonds. The molecule has 4 heteroatoms. The van der Waals surface area contributed by atoms with Crippen molar-refractivity contribution in [2.24, 2.45) is 0 Å². The van der Waals surface area contributed by atoms with Crippen LogP contribution >= 0.6 is 0 Å². The molecule has 0 aromatic heterocycles. The maximum Gasteiger partial charge on any atom is 0.494 e. The van der Waals surface area contributed by atoms with Crippen molar-refractivity contribution in [3.05, 3.63) is 91.2 Å². The Morgan fingerprint density at radius 2 is 1.45 bits per heavy atom. The van der Waals surface area contributed by atoms with Crippen molar-refractivity contribution in [3.63, 3.8) is 0 Å². The van der Waals surface area contributed by atoms with Gasteiger partial charge in [-0.2, -0.15) is 0 Å². The van der Waals surface area contributed by atoms with Gasteiger partial charge in [0.15, 0.2) is 0 Å². The number of para-hydroxylation sites is 1. The zero-order valence-corrected chi connectivity index (χ0v) is 18.1. The van der Waals surface area contributed by atoms with Crippen molar-refractivity contribution in [3.8, 4) is 0 Å². The molecular weight excluding hydrogens is 357 g/mol. The van der Waals surface area contributed by atoms with Crippen LogP contribution in [0.3, 0.4) is 0 Å². The van der Waals surface area contributed by atoms with Crippen LogP contribution in [-0.2, 0) is 9.31 Å². The largest absolute Gasteiger partial charge is 0.494 e. The molecule has 1 heterocycles. The van der Waals surface area contributed by atoms with E-state index in [2.05, 4.69) is 81.6 Å². The standard InChI is InChI=1S/C25H30BNO2/c1-7-12-21(13-8-2)27(22-14-10-9-11-15-22)23-18-16-20(17-19-23)26-28-24(3,4)25(5,6)29-26/h7-19H,1H2,2-6H3/b13-8-,21-12+. The predicted octanol–water partition coefficient (Wildman–Crippen LogP) is 5.77. The Kier molecular flexibility index (Phi) is 6.16. The molecule has 1 fully saturated rings. The van der Waals surface area contributed by atoms with E-state index in [1.807, 2.05) is 43.4 Å². The van der Waals surface area contributed by atoms with Gasteiger partial charge in [-0.15, -0.1) is 0 Å². The summed E-state index contributed by atoms with van der Waals surface area (Å²) >= 11 is 0. The van der Waals surface area contributed by atoms with E-state index >= 15 is 0 Å². The molecule has 3 rings (SSSR count). The van der Waals surface area contributed by atoms with Crippen molar-refractivity contribution in [2.45, 2.75) is 45.8 Å². The van der Waals surface area contributed by atoms with Gasteiger partial charge in [-0.1, -0.05) is 49.1 Å². The zero-order valence-electron chi connectivity index (χ0n) is 18.1. The molecule has 0 bridgehead atoms. The lowest BCUT2D eigenvalue weighted by atomic mass is 9.79. The number of nitrogens with zero attached hydrogens (tertiary/aromatic N) is 1. The monoisotopic (exact) mass is 387 g/mol. The van der Waals surface area contributed by atoms with Crippen molar-refractivity contribution >= 4 is 24.0 Å². The zero-order chi connectivity index (χ0) is 21.1. The van der Waals surface area contributed by atoms with Crippen molar-refractivity contribution in [1.29, 1.82) is 0 Å². The lowest BCUT2D eigenvalue weighted by Crippen LogP contribution is -2.41. The highest BCUT2D eigenvalue weighted by Gasteiger charge is 2.51. The van der Waals surface area contributed by atoms with Crippen molar-refractivity contribution in [2.75, 3.05) is 4.90 Å². The van der Waals surface area contributed by atoms with Crippen LogP contribution in [0.4, 0.5) is 11.4 Å². The third-order valence-electron chi connectivity index (χ3n) is 5.58. The molecule has 1 aliphatic heterocycles. The van der Waals surface area contributed by atoms with Gasteiger partial charge in [-0.25, -0.2) is 0 Å². The highest BCUT2D eigenvalue weighted by Crippen LogP contribution is 2.37. The first kappa shape index (κ1) is 21.2. The second-order valence-corrected chi connectivity index (χ2v) is 8.18. The molecule has 2 aromatic rings. The van der Waals surface area contributed by atoms with E-state index in [4.69, 9.17) is 9.31 Å². The second-order valence-electron chi connectivity index (χ2n) is 8.18. The van der Waals surface area contributed by atoms with Gasteiger partial charge in [-0.3, -0.25) is 0 Å². The van der Waals surface area contributed by atoms with Crippen LogP contribution in [0.5, 0.6) is 0 Å². The van der Waals surface area contributed by atoms with Gasteiger partial charge in [-0.05, 0) is 76.5 Å². The van der Waals surface area contributed by atoms with Gasteiger partial charge < -0.3 is 14.2 Å². The first-order valence-corrected chi connectivity index (χ1v) is 10.1. The van der Waals surface area contributed by atoms with Crippen LogP contribution in [0, 0.1) is 0 Å². The molecule has 0 N–H and O–H groups in total. The molecule has 0 saturated carbocycles. The van der Waals surface area contributed by atoms with Gasteiger partial charge in [0.2, 0.25) is 0 Å². The second kappa shape index (κ2) is 8.44. The Bertz CT molecular complexity index is 882. The average Bonchev–Trinajstić information content (AvgIpc) is 2.91. The number of allylic oxidation sites excluding steroid dienone is 4. The Morgan fingerprint density at radius 3 is 1.97 bits per heavy atom. The molecule has 1 aliphatic rings. The summed E-state index contributed by atoms with van der Waals surface area (Å²) in [5.41, 5.74) is 3.50. The van der Waals surface area contributed by atoms with Crippen LogP contribution in [0.15, 0.2) is 91.2 Å². The maximum absolute atomic E-state index is 6.19. The summed E-state index contributed by atoms with van der Waals surface area (Å²) in [5, 5.41) is 0. The van der Waals surface area contributed by atoms with Crippen LogP contribution in [0.2, 0.25) is 0 Å². The highest BCUT2D eigenvalue weighted by molar-refractivity contribution is 6.62. The molecule has 0 unspecified atom stereocenters. The van der Waals surface area contributed by atoms with E-state index in [-0.39, 0.29) is 18.3 Å². The summed E-state index contributed by atoms with van der Waals surface area (Å²) in [6.45, 7) is 14.2. The van der Waals surface area contributed by atoms with Gasteiger partial charge >= 0.3 is 7.12 Å². The summed E-state index contributed by atoms with van der Waals surface area (Å²) in [6, 6.07) is 18.7. The van der Waals surface area contributed by atoms with Crippen LogP contribution in [-0.4, -0.2) is 18.3 Å². The minimum Gasteiger partial charge on any atom is -0.399 e. The maximum atomic E-state index is 6.19. The molecule has 0 atom stereocenters. The van der Waals surface area contributed by atoms with Crippen molar-refractivity contribution in [1.82, 2.24) is 0 Å². The van der Waals surface area contributed by atoms with Gasteiger partial charge in [0.25, 0.3) is 0 Å². The smallest absolute Gasteiger partial charge is 0.399 e. The number of hydrogen-bond donors (Lipinski definition) is 0. The van der Waals surface area contributed by atoms with E-state index < -0.39 is 0 Å². The summed E-state index contributed by atoms with van der Waals surface area (Å²) in [4.78, 5) is 2.20. The predicted molar refractivity (Wildman–Crippen MR) is 124 cm³/mol. The average molecular weight is 387 g/mol. The summed E-state index contributed by atoms with van der Waals surface area (Å²) in [7, 11) is -0.363. The molecule has 2 aromatic carbocycles. The molecule has 0 aliphatic carbocycles. The molecule has 3 nitrogen and oxygen atoms in total. The Hall–Kier alpha value is -2.56. The van der Waals surface area contributed by atoms with E-state index in [0.717, 1.165) is 22.5 Å². The topological polar surface area (TPSA) is 21.7 Å². The Morgan fingerprint density at radius 1 is 0.897 bits per heavy atom. The summed E-state index contributed by atoms with van der Waals surface area (Å²) in [5.74, 6) is 0. The van der Waals surface area contributed by atoms with E-state index in [0.29, 0.717) is 0 Å². The number of benzene rings is 2. The number of anilines is 2. The van der Waals surface area contributed by atoms with E-state index in [1.165, 1.54) is 0 Å². The van der Waals surface area contributed by atoms with E-state index in [9.17, 15) is 0 Å². The third-order valence-corrected chi connectivity index (χ3v) is 5.58.